The smallest absolute Gasteiger partial charge is 0.150 e. The number of aromatic amines is 1. The van der Waals surface area contributed by atoms with Crippen molar-refractivity contribution < 1.29 is 4.79 Å². The highest BCUT2D eigenvalue weighted by molar-refractivity contribution is 5.80. The van der Waals surface area contributed by atoms with Crippen LogP contribution in [0.25, 0.3) is 11.1 Å². The summed E-state index contributed by atoms with van der Waals surface area (Å²) in [6, 6.07) is 7.08. The van der Waals surface area contributed by atoms with Gasteiger partial charge >= 0.3 is 0 Å². The monoisotopic (exact) mass is 211 g/mol. The third kappa shape index (κ3) is 1.71. The zero-order valence-electron chi connectivity index (χ0n) is 8.69. The summed E-state index contributed by atoms with van der Waals surface area (Å²) in [6.07, 6.45) is 2.42. The Morgan fingerprint density at radius 3 is 2.81 bits per heavy atom. The average molecular weight is 211 g/mol. The van der Waals surface area contributed by atoms with E-state index < -0.39 is 0 Å². The minimum atomic E-state index is 0.472. The van der Waals surface area contributed by atoms with Crippen LogP contribution in [0.5, 0.6) is 0 Å². The predicted molar refractivity (Wildman–Crippen MR) is 58.9 cm³/mol. The Kier molecular flexibility index (Phi) is 2.52. The maximum atomic E-state index is 10.7. The van der Waals surface area contributed by atoms with Crippen molar-refractivity contribution >= 4 is 6.29 Å². The summed E-state index contributed by atoms with van der Waals surface area (Å²) in [5, 5.41) is 15.6. The number of carbonyl (C=O) groups is 1. The van der Waals surface area contributed by atoms with Crippen molar-refractivity contribution in [3.05, 3.63) is 41.2 Å². The summed E-state index contributed by atoms with van der Waals surface area (Å²) in [4.78, 5) is 10.7. The molecule has 2 aromatic rings. The van der Waals surface area contributed by atoms with Gasteiger partial charge in [0.05, 0.1) is 17.8 Å². The number of hydrogen-bond donors (Lipinski definition) is 1. The second-order valence-corrected chi connectivity index (χ2v) is 3.48. The molecule has 0 saturated carbocycles. The van der Waals surface area contributed by atoms with Crippen LogP contribution in [0.2, 0.25) is 0 Å². The van der Waals surface area contributed by atoms with Gasteiger partial charge in [-0.25, -0.2) is 0 Å². The highest BCUT2D eigenvalue weighted by Gasteiger charge is 2.06. The maximum absolute atomic E-state index is 10.7. The molecule has 0 radical (unpaired) electrons. The van der Waals surface area contributed by atoms with E-state index in [4.69, 9.17) is 5.26 Å². The molecule has 1 heterocycles. The number of nitriles is 1. The van der Waals surface area contributed by atoms with E-state index >= 15 is 0 Å². The molecule has 4 heteroatoms. The quantitative estimate of drug-likeness (QED) is 0.773. The summed E-state index contributed by atoms with van der Waals surface area (Å²) in [7, 11) is 0. The Morgan fingerprint density at radius 1 is 1.44 bits per heavy atom. The summed E-state index contributed by atoms with van der Waals surface area (Å²) in [5.41, 5.74) is 3.61. The summed E-state index contributed by atoms with van der Waals surface area (Å²) >= 11 is 0. The first-order chi connectivity index (χ1) is 7.74. The van der Waals surface area contributed by atoms with Gasteiger partial charge in [0, 0.05) is 16.8 Å². The molecule has 2 rings (SSSR count). The third-order valence-electron chi connectivity index (χ3n) is 2.36. The van der Waals surface area contributed by atoms with Gasteiger partial charge in [0.25, 0.3) is 0 Å². The molecule has 0 saturated heterocycles. The van der Waals surface area contributed by atoms with E-state index in [1.807, 2.05) is 13.0 Å². The maximum Gasteiger partial charge on any atom is 0.150 e. The largest absolute Gasteiger partial charge is 0.298 e. The fourth-order valence-electron chi connectivity index (χ4n) is 1.58. The van der Waals surface area contributed by atoms with Gasteiger partial charge < -0.3 is 0 Å². The highest BCUT2D eigenvalue weighted by atomic mass is 16.1. The van der Waals surface area contributed by atoms with E-state index in [1.165, 1.54) is 0 Å². The molecule has 0 aliphatic carbocycles. The lowest BCUT2D eigenvalue weighted by Crippen LogP contribution is -1.87. The van der Waals surface area contributed by atoms with E-state index in [9.17, 15) is 4.79 Å². The first kappa shape index (κ1) is 10.1. The van der Waals surface area contributed by atoms with E-state index in [0.29, 0.717) is 11.1 Å². The Balaban J connectivity index is 2.62. The summed E-state index contributed by atoms with van der Waals surface area (Å²) < 4.78 is 0. The zero-order valence-corrected chi connectivity index (χ0v) is 8.69. The second-order valence-electron chi connectivity index (χ2n) is 3.48. The van der Waals surface area contributed by atoms with Gasteiger partial charge in [-0.3, -0.25) is 9.89 Å². The lowest BCUT2D eigenvalue weighted by molar-refractivity contribution is 0.112. The SMILES string of the molecule is Cc1[nH]ncc1-c1cc(C#N)cc(C=O)c1. The number of benzene rings is 1. The van der Waals surface area contributed by atoms with Crippen molar-refractivity contribution in [3.63, 3.8) is 0 Å². The molecule has 0 atom stereocenters. The number of carbonyl (C=O) groups excluding carboxylic acids is 1. The zero-order chi connectivity index (χ0) is 11.5. The molecular formula is C12H9N3O. The van der Waals surface area contributed by atoms with Crippen LogP contribution in [0.15, 0.2) is 24.4 Å². The van der Waals surface area contributed by atoms with Crippen LogP contribution >= 0.6 is 0 Å². The van der Waals surface area contributed by atoms with Crippen LogP contribution in [0.3, 0.4) is 0 Å². The van der Waals surface area contributed by atoms with Crippen LogP contribution in [-0.2, 0) is 0 Å². The van der Waals surface area contributed by atoms with Crippen molar-refractivity contribution in [1.82, 2.24) is 10.2 Å². The number of aryl methyl sites for hydroxylation is 1. The first-order valence-electron chi connectivity index (χ1n) is 4.75. The molecule has 0 spiro atoms. The van der Waals surface area contributed by atoms with Crippen molar-refractivity contribution in [3.8, 4) is 17.2 Å². The Bertz CT molecular complexity index is 578. The lowest BCUT2D eigenvalue weighted by atomic mass is 10.0. The third-order valence-corrected chi connectivity index (χ3v) is 2.36. The van der Waals surface area contributed by atoms with Crippen molar-refractivity contribution in [2.45, 2.75) is 6.92 Å². The van der Waals surface area contributed by atoms with Gasteiger partial charge in [0.2, 0.25) is 0 Å². The molecule has 1 aromatic carbocycles. The predicted octanol–water partition coefficient (Wildman–Crippen LogP) is 2.07. The normalized spacial score (nSPS) is 9.75. The van der Waals surface area contributed by atoms with Crippen LogP contribution in [0.1, 0.15) is 21.6 Å². The minimum Gasteiger partial charge on any atom is -0.298 e. The second kappa shape index (κ2) is 3.99. The molecule has 1 aromatic heterocycles. The number of rotatable bonds is 2. The minimum absolute atomic E-state index is 0.472. The van der Waals surface area contributed by atoms with Gasteiger partial charge in [-0.15, -0.1) is 0 Å². The first-order valence-corrected chi connectivity index (χ1v) is 4.75. The Morgan fingerprint density at radius 2 is 2.25 bits per heavy atom. The molecule has 0 amide bonds. The number of H-pyrrole nitrogens is 1. The van der Waals surface area contributed by atoms with Gasteiger partial charge in [-0.1, -0.05) is 0 Å². The number of aromatic nitrogens is 2. The van der Waals surface area contributed by atoms with Gasteiger partial charge in [0.1, 0.15) is 6.29 Å². The molecule has 16 heavy (non-hydrogen) atoms. The standard InChI is InChI=1S/C12H9N3O/c1-8-12(6-14-15-8)11-3-9(5-13)2-10(4-11)7-16/h2-4,6-7H,1H3,(H,14,15). The molecule has 0 fully saturated rings. The number of hydrogen-bond acceptors (Lipinski definition) is 3. The molecule has 0 aliphatic heterocycles. The molecule has 0 unspecified atom stereocenters. The highest BCUT2D eigenvalue weighted by Crippen LogP contribution is 2.23. The molecule has 78 valence electrons. The fourth-order valence-corrected chi connectivity index (χ4v) is 1.58. The molecule has 0 aliphatic rings. The van der Waals surface area contributed by atoms with E-state index in [2.05, 4.69) is 10.2 Å². The Labute approximate surface area is 92.5 Å². The lowest BCUT2D eigenvalue weighted by Gasteiger charge is -2.01. The van der Waals surface area contributed by atoms with Gasteiger partial charge in [-0.2, -0.15) is 10.4 Å². The van der Waals surface area contributed by atoms with Crippen molar-refractivity contribution in [1.29, 1.82) is 5.26 Å². The Hall–Kier alpha value is -2.41. The van der Waals surface area contributed by atoms with E-state index in [0.717, 1.165) is 23.1 Å². The van der Waals surface area contributed by atoms with Crippen LogP contribution < -0.4 is 0 Å². The molecule has 1 N–H and O–H groups in total. The molecular weight excluding hydrogens is 202 g/mol. The van der Waals surface area contributed by atoms with Crippen LogP contribution in [0.4, 0.5) is 0 Å². The van der Waals surface area contributed by atoms with Gasteiger partial charge in [0.15, 0.2) is 0 Å². The number of nitrogens with zero attached hydrogens (tertiary/aromatic N) is 2. The summed E-state index contributed by atoms with van der Waals surface area (Å²) in [5.74, 6) is 0. The molecule has 4 nitrogen and oxygen atoms in total. The van der Waals surface area contributed by atoms with Crippen molar-refractivity contribution in [2.75, 3.05) is 0 Å². The summed E-state index contributed by atoms with van der Waals surface area (Å²) in [6.45, 7) is 1.89. The van der Waals surface area contributed by atoms with E-state index in [-0.39, 0.29) is 0 Å². The molecule has 0 bridgehead atoms. The number of nitrogens with one attached hydrogen (secondary N) is 1. The van der Waals surface area contributed by atoms with Gasteiger partial charge in [-0.05, 0) is 30.7 Å². The van der Waals surface area contributed by atoms with Crippen molar-refractivity contribution in [2.24, 2.45) is 0 Å². The van der Waals surface area contributed by atoms with Crippen LogP contribution in [0, 0.1) is 18.3 Å². The topological polar surface area (TPSA) is 69.5 Å². The average Bonchev–Trinajstić information content (AvgIpc) is 2.74. The van der Waals surface area contributed by atoms with E-state index in [1.54, 1.807) is 24.4 Å². The van der Waals surface area contributed by atoms with Crippen LogP contribution in [-0.4, -0.2) is 16.5 Å². The number of aldehydes is 1. The fraction of sp³-hybridized carbons (Fsp3) is 0.0833.